The summed E-state index contributed by atoms with van der Waals surface area (Å²) in [5.74, 6) is 0.113. The lowest BCUT2D eigenvalue weighted by Gasteiger charge is -2.36. The molecule has 2 heterocycles. The molecule has 1 aromatic heterocycles. The molecule has 1 saturated heterocycles. The zero-order chi connectivity index (χ0) is 16.4. The zero-order valence-electron chi connectivity index (χ0n) is 13.7. The third-order valence-corrected chi connectivity index (χ3v) is 4.93. The number of benzene rings is 1. The minimum atomic E-state index is -0.380. The molecule has 7 nitrogen and oxygen atoms in total. The lowest BCUT2D eigenvalue weighted by atomic mass is 10.0. The van der Waals surface area contributed by atoms with Crippen molar-refractivity contribution in [3.8, 4) is 0 Å². The van der Waals surface area contributed by atoms with Crippen LogP contribution < -0.4 is 0 Å². The van der Waals surface area contributed by atoms with Crippen LogP contribution in [0.25, 0.3) is 0 Å². The van der Waals surface area contributed by atoms with Gasteiger partial charge in [0, 0.05) is 38.6 Å². The predicted octanol–water partition coefficient (Wildman–Crippen LogP) is 0.763. The second kappa shape index (κ2) is 6.68. The summed E-state index contributed by atoms with van der Waals surface area (Å²) < 4.78 is 1.59. The summed E-state index contributed by atoms with van der Waals surface area (Å²) in [7, 11) is 0. The van der Waals surface area contributed by atoms with Crippen molar-refractivity contribution in [3.05, 3.63) is 42.2 Å². The molecule has 1 aromatic carbocycles. The number of tetrazole rings is 1. The van der Waals surface area contributed by atoms with Gasteiger partial charge in [0.25, 0.3) is 0 Å². The van der Waals surface area contributed by atoms with E-state index >= 15 is 0 Å². The van der Waals surface area contributed by atoms with Gasteiger partial charge in [0.15, 0.2) is 0 Å². The van der Waals surface area contributed by atoms with Gasteiger partial charge in [-0.1, -0.05) is 30.3 Å². The summed E-state index contributed by atoms with van der Waals surface area (Å²) in [5.41, 5.74) is 1.11. The molecule has 1 atom stereocenters. The molecule has 0 bridgehead atoms. The molecule has 7 heteroatoms. The van der Waals surface area contributed by atoms with Gasteiger partial charge in [-0.05, 0) is 28.8 Å². The third-order valence-electron chi connectivity index (χ3n) is 4.93. The van der Waals surface area contributed by atoms with E-state index in [9.17, 15) is 4.79 Å². The van der Waals surface area contributed by atoms with Crippen molar-refractivity contribution in [3.63, 3.8) is 0 Å². The highest BCUT2D eigenvalue weighted by Gasteiger charge is 2.34. The molecule has 1 unspecified atom stereocenters. The first kappa shape index (κ1) is 15.3. The number of piperazine rings is 1. The van der Waals surface area contributed by atoms with E-state index in [0.717, 1.165) is 37.8 Å². The molecular formula is C17H22N6O. The van der Waals surface area contributed by atoms with Crippen LogP contribution in [0.5, 0.6) is 0 Å². The molecule has 2 fully saturated rings. The Bertz CT molecular complexity index is 662. The van der Waals surface area contributed by atoms with Gasteiger partial charge in [0.1, 0.15) is 12.4 Å². The van der Waals surface area contributed by atoms with E-state index in [1.54, 1.807) is 4.68 Å². The van der Waals surface area contributed by atoms with Gasteiger partial charge >= 0.3 is 0 Å². The van der Waals surface area contributed by atoms with Crippen LogP contribution in [0.1, 0.15) is 24.4 Å². The van der Waals surface area contributed by atoms with Gasteiger partial charge < -0.3 is 4.90 Å². The smallest absolute Gasteiger partial charge is 0.248 e. The number of nitrogens with zero attached hydrogens (tertiary/aromatic N) is 6. The average molecular weight is 326 g/mol. The minimum absolute atomic E-state index is 0.113. The SMILES string of the molecule is O=C(C(Cc1ccccc1)n1cnnn1)N1CCN(C2CC2)CC1. The Hall–Kier alpha value is -2.28. The number of hydrogen-bond acceptors (Lipinski definition) is 5. The summed E-state index contributed by atoms with van der Waals surface area (Å²) >= 11 is 0. The molecule has 4 rings (SSSR count). The first-order valence-corrected chi connectivity index (χ1v) is 8.60. The van der Waals surface area contributed by atoms with E-state index < -0.39 is 0 Å². The number of rotatable bonds is 5. The maximum absolute atomic E-state index is 13.1. The van der Waals surface area contributed by atoms with Gasteiger partial charge in [-0.15, -0.1) is 5.10 Å². The van der Waals surface area contributed by atoms with Crippen LogP contribution in [-0.4, -0.2) is 68.1 Å². The van der Waals surface area contributed by atoms with Crippen LogP contribution in [0.2, 0.25) is 0 Å². The quantitative estimate of drug-likeness (QED) is 0.812. The van der Waals surface area contributed by atoms with Crippen molar-refractivity contribution >= 4 is 5.91 Å². The van der Waals surface area contributed by atoms with Crippen LogP contribution in [0.3, 0.4) is 0 Å². The molecule has 1 aliphatic carbocycles. The van der Waals surface area contributed by atoms with Crippen LogP contribution >= 0.6 is 0 Å². The Kier molecular flexibility index (Phi) is 4.25. The van der Waals surface area contributed by atoms with Gasteiger partial charge in [0.05, 0.1) is 0 Å². The highest BCUT2D eigenvalue weighted by atomic mass is 16.2. The molecule has 0 N–H and O–H groups in total. The molecule has 1 saturated carbocycles. The lowest BCUT2D eigenvalue weighted by molar-refractivity contribution is -0.137. The van der Waals surface area contributed by atoms with Crippen molar-refractivity contribution in [2.24, 2.45) is 0 Å². The van der Waals surface area contributed by atoms with Gasteiger partial charge in [-0.3, -0.25) is 9.69 Å². The molecule has 0 radical (unpaired) electrons. The van der Waals surface area contributed by atoms with Gasteiger partial charge in [0.2, 0.25) is 5.91 Å². The highest BCUT2D eigenvalue weighted by molar-refractivity contribution is 5.80. The van der Waals surface area contributed by atoms with Crippen molar-refractivity contribution in [1.29, 1.82) is 0 Å². The highest BCUT2D eigenvalue weighted by Crippen LogP contribution is 2.28. The van der Waals surface area contributed by atoms with E-state index in [2.05, 4.69) is 20.4 Å². The molecule has 2 aliphatic rings. The fraction of sp³-hybridized carbons (Fsp3) is 0.529. The summed E-state index contributed by atoms with van der Waals surface area (Å²) in [6.07, 6.45) is 4.77. The molecule has 126 valence electrons. The molecular weight excluding hydrogens is 304 g/mol. The number of amides is 1. The zero-order valence-corrected chi connectivity index (χ0v) is 13.7. The fourth-order valence-electron chi connectivity index (χ4n) is 3.40. The Morgan fingerprint density at radius 2 is 1.88 bits per heavy atom. The number of aromatic nitrogens is 4. The van der Waals surface area contributed by atoms with Gasteiger partial charge in [-0.2, -0.15) is 0 Å². The largest absolute Gasteiger partial charge is 0.338 e. The topological polar surface area (TPSA) is 67.2 Å². The standard InChI is InChI=1S/C17H22N6O/c24-17(22-10-8-21(9-11-22)15-6-7-15)16(23-13-18-19-20-23)12-14-4-2-1-3-5-14/h1-5,13,15-16H,6-12H2. The number of carbonyl (C=O) groups excluding carboxylic acids is 1. The van der Waals surface area contributed by atoms with Crippen molar-refractivity contribution in [2.75, 3.05) is 26.2 Å². The minimum Gasteiger partial charge on any atom is -0.338 e. The van der Waals surface area contributed by atoms with Crippen molar-refractivity contribution < 1.29 is 4.79 Å². The summed E-state index contributed by atoms with van der Waals surface area (Å²) in [6, 6.07) is 10.4. The summed E-state index contributed by atoms with van der Waals surface area (Å²) in [6.45, 7) is 3.54. The Balaban J connectivity index is 1.47. The van der Waals surface area contributed by atoms with Crippen LogP contribution in [0.4, 0.5) is 0 Å². The lowest BCUT2D eigenvalue weighted by Crippen LogP contribution is -2.51. The average Bonchev–Trinajstić information content (AvgIpc) is 3.35. The Morgan fingerprint density at radius 1 is 1.12 bits per heavy atom. The maximum Gasteiger partial charge on any atom is 0.248 e. The second-order valence-electron chi connectivity index (χ2n) is 6.59. The number of hydrogen-bond donors (Lipinski definition) is 0. The monoisotopic (exact) mass is 326 g/mol. The maximum atomic E-state index is 13.1. The first-order valence-electron chi connectivity index (χ1n) is 8.60. The van der Waals surface area contributed by atoms with Crippen LogP contribution in [0, 0.1) is 0 Å². The fourth-order valence-corrected chi connectivity index (χ4v) is 3.40. The molecule has 24 heavy (non-hydrogen) atoms. The van der Waals surface area contributed by atoms with Crippen molar-refractivity contribution in [2.45, 2.75) is 31.3 Å². The van der Waals surface area contributed by atoms with E-state index in [4.69, 9.17) is 0 Å². The van der Waals surface area contributed by atoms with Crippen LogP contribution in [0.15, 0.2) is 36.7 Å². The predicted molar refractivity (Wildman–Crippen MR) is 88.2 cm³/mol. The van der Waals surface area contributed by atoms with Crippen molar-refractivity contribution in [1.82, 2.24) is 30.0 Å². The van der Waals surface area contributed by atoms with Gasteiger partial charge in [-0.25, -0.2) is 4.68 Å². The Labute approximate surface area is 141 Å². The molecule has 1 aliphatic heterocycles. The van der Waals surface area contributed by atoms with E-state index in [1.165, 1.54) is 19.2 Å². The number of carbonyl (C=O) groups is 1. The normalized spacial score (nSPS) is 20.1. The summed E-state index contributed by atoms with van der Waals surface area (Å²) in [5, 5.41) is 11.4. The van der Waals surface area contributed by atoms with E-state index in [1.807, 2.05) is 35.2 Å². The first-order chi connectivity index (χ1) is 11.8. The molecule has 1 amide bonds. The molecule has 2 aromatic rings. The second-order valence-corrected chi connectivity index (χ2v) is 6.59. The summed E-state index contributed by atoms with van der Waals surface area (Å²) in [4.78, 5) is 17.6. The Morgan fingerprint density at radius 3 is 2.50 bits per heavy atom. The van der Waals surface area contributed by atoms with E-state index in [0.29, 0.717) is 6.42 Å². The van der Waals surface area contributed by atoms with E-state index in [-0.39, 0.29) is 11.9 Å². The van der Waals surface area contributed by atoms with Crippen LogP contribution in [-0.2, 0) is 11.2 Å². The third kappa shape index (κ3) is 3.31. The molecule has 0 spiro atoms.